The van der Waals surface area contributed by atoms with Gasteiger partial charge in [0.25, 0.3) is 5.91 Å². The first-order valence-electron chi connectivity index (χ1n) is 7.64. The number of sulfonamides is 1. The summed E-state index contributed by atoms with van der Waals surface area (Å²) < 4.78 is 28.3. The van der Waals surface area contributed by atoms with Crippen molar-refractivity contribution in [1.29, 1.82) is 0 Å². The van der Waals surface area contributed by atoms with Crippen LogP contribution < -0.4 is 9.88 Å². The number of carbonyl (C=O) groups excluding carboxylic acids is 1. The summed E-state index contributed by atoms with van der Waals surface area (Å²) >= 11 is 0. The van der Waals surface area contributed by atoms with Crippen LogP contribution in [0.25, 0.3) is 0 Å². The Balaban J connectivity index is 1.89. The number of nitrogens with zero attached hydrogens (tertiary/aromatic N) is 2. The van der Waals surface area contributed by atoms with E-state index < -0.39 is 10.0 Å². The van der Waals surface area contributed by atoms with Crippen molar-refractivity contribution in [3.05, 3.63) is 23.8 Å². The standard InChI is InChI=1S/C15H21N3O4S/c1-22-14-5-4-12(23(16,20)21)9-13(14)15(19)18-8-7-17-6-2-3-11(17)10-18/h4-5,9,11H,2-3,6-8,10H2,1H3,(H2,16,20,21)/t11-/m0/s1. The van der Waals surface area contributed by atoms with E-state index in [-0.39, 0.29) is 16.4 Å². The van der Waals surface area contributed by atoms with Crippen LogP contribution in [0, 0.1) is 0 Å². The average Bonchev–Trinajstić information content (AvgIpc) is 3.00. The van der Waals surface area contributed by atoms with Crippen LogP contribution in [-0.4, -0.2) is 63.5 Å². The Morgan fingerprint density at radius 1 is 1.30 bits per heavy atom. The lowest BCUT2D eigenvalue weighted by molar-refractivity contribution is 0.0568. The molecular weight excluding hydrogens is 318 g/mol. The van der Waals surface area contributed by atoms with Gasteiger partial charge in [0.15, 0.2) is 0 Å². The Morgan fingerprint density at radius 2 is 2.09 bits per heavy atom. The molecule has 1 aromatic rings. The topological polar surface area (TPSA) is 92.9 Å². The van der Waals surface area contributed by atoms with Crippen LogP contribution in [0.15, 0.2) is 23.1 Å². The summed E-state index contributed by atoms with van der Waals surface area (Å²) in [4.78, 5) is 16.9. The van der Waals surface area contributed by atoms with E-state index >= 15 is 0 Å². The summed E-state index contributed by atoms with van der Waals surface area (Å²) in [6, 6.07) is 4.52. The Labute approximate surface area is 136 Å². The Hall–Kier alpha value is -1.64. The fraction of sp³-hybridized carbons (Fsp3) is 0.533. The van der Waals surface area contributed by atoms with Crippen molar-refractivity contribution in [2.24, 2.45) is 5.14 Å². The summed E-state index contributed by atoms with van der Waals surface area (Å²) in [5.74, 6) is 0.148. The summed E-state index contributed by atoms with van der Waals surface area (Å²) in [6.07, 6.45) is 2.26. The highest BCUT2D eigenvalue weighted by molar-refractivity contribution is 7.89. The molecule has 2 fully saturated rings. The fourth-order valence-electron chi connectivity index (χ4n) is 3.38. The van der Waals surface area contributed by atoms with Crippen molar-refractivity contribution >= 4 is 15.9 Å². The molecule has 3 rings (SSSR count). The molecule has 0 spiro atoms. The van der Waals surface area contributed by atoms with Gasteiger partial charge in [0.1, 0.15) is 5.75 Å². The molecule has 23 heavy (non-hydrogen) atoms. The lowest BCUT2D eigenvalue weighted by Crippen LogP contribution is -2.52. The molecular formula is C15H21N3O4S. The van der Waals surface area contributed by atoms with Crippen LogP contribution in [0.2, 0.25) is 0 Å². The number of carbonyl (C=O) groups is 1. The molecule has 2 heterocycles. The van der Waals surface area contributed by atoms with Crippen LogP contribution in [0.3, 0.4) is 0 Å². The maximum atomic E-state index is 12.8. The lowest BCUT2D eigenvalue weighted by Gasteiger charge is -2.37. The summed E-state index contributed by atoms with van der Waals surface area (Å²) in [5, 5.41) is 5.17. The number of fused-ring (bicyclic) bond motifs is 1. The number of hydrogen-bond donors (Lipinski definition) is 1. The van der Waals surface area contributed by atoms with Gasteiger partial charge < -0.3 is 9.64 Å². The minimum Gasteiger partial charge on any atom is -0.496 e. The third kappa shape index (κ3) is 3.19. The molecule has 0 radical (unpaired) electrons. The molecule has 8 heteroatoms. The van der Waals surface area contributed by atoms with Gasteiger partial charge >= 0.3 is 0 Å². The number of methoxy groups -OCH3 is 1. The van der Waals surface area contributed by atoms with Gasteiger partial charge in [0.2, 0.25) is 10.0 Å². The largest absolute Gasteiger partial charge is 0.496 e. The molecule has 1 amide bonds. The fourth-order valence-corrected chi connectivity index (χ4v) is 3.92. The number of primary sulfonamides is 1. The van der Waals surface area contributed by atoms with E-state index in [0.717, 1.165) is 25.9 Å². The quantitative estimate of drug-likeness (QED) is 0.853. The lowest BCUT2D eigenvalue weighted by atomic mass is 10.1. The van der Waals surface area contributed by atoms with Crippen molar-refractivity contribution in [3.8, 4) is 5.75 Å². The number of hydrogen-bond acceptors (Lipinski definition) is 5. The zero-order valence-electron chi connectivity index (χ0n) is 13.1. The normalized spacial score (nSPS) is 22.0. The number of benzene rings is 1. The molecule has 1 atom stereocenters. The zero-order chi connectivity index (χ0) is 16.6. The van der Waals surface area contributed by atoms with E-state index in [9.17, 15) is 13.2 Å². The van der Waals surface area contributed by atoms with Gasteiger partial charge in [-0.05, 0) is 37.6 Å². The zero-order valence-corrected chi connectivity index (χ0v) is 13.9. The minimum atomic E-state index is -3.86. The highest BCUT2D eigenvalue weighted by Crippen LogP contribution is 2.27. The first-order chi connectivity index (χ1) is 10.9. The molecule has 126 valence electrons. The highest BCUT2D eigenvalue weighted by atomic mass is 32.2. The maximum Gasteiger partial charge on any atom is 0.257 e. The molecule has 1 aromatic carbocycles. The molecule has 0 saturated carbocycles. The number of ether oxygens (including phenoxy) is 1. The number of nitrogens with two attached hydrogens (primary N) is 1. The number of rotatable bonds is 3. The number of piperazine rings is 1. The first-order valence-corrected chi connectivity index (χ1v) is 9.19. The van der Waals surface area contributed by atoms with E-state index in [4.69, 9.17) is 9.88 Å². The molecule has 7 nitrogen and oxygen atoms in total. The molecule has 0 bridgehead atoms. The van der Waals surface area contributed by atoms with Crippen molar-refractivity contribution < 1.29 is 17.9 Å². The van der Waals surface area contributed by atoms with Crippen LogP contribution >= 0.6 is 0 Å². The third-order valence-electron chi connectivity index (χ3n) is 4.60. The van der Waals surface area contributed by atoms with Gasteiger partial charge in [-0.25, -0.2) is 13.6 Å². The van der Waals surface area contributed by atoms with Gasteiger partial charge in [-0.2, -0.15) is 0 Å². The first kappa shape index (κ1) is 16.2. The molecule has 2 aliphatic rings. The molecule has 0 aromatic heterocycles. The molecule has 0 aliphatic carbocycles. The Morgan fingerprint density at radius 3 is 2.78 bits per heavy atom. The van der Waals surface area contributed by atoms with E-state index in [1.807, 2.05) is 0 Å². The summed E-state index contributed by atoms with van der Waals surface area (Å²) in [6.45, 7) is 3.25. The van der Waals surface area contributed by atoms with Gasteiger partial charge in [-0.15, -0.1) is 0 Å². The van der Waals surface area contributed by atoms with Gasteiger partial charge in [-0.3, -0.25) is 9.69 Å². The van der Waals surface area contributed by atoms with Crippen molar-refractivity contribution in [2.45, 2.75) is 23.8 Å². The van der Waals surface area contributed by atoms with Crippen molar-refractivity contribution in [3.63, 3.8) is 0 Å². The smallest absolute Gasteiger partial charge is 0.257 e. The van der Waals surface area contributed by atoms with Crippen LogP contribution in [0.1, 0.15) is 23.2 Å². The Kier molecular flexibility index (Phi) is 4.31. The minimum absolute atomic E-state index is 0.0823. The van der Waals surface area contributed by atoms with Crippen molar-refractivity contribution in [2.75, 3.05) is 33.3 Å². The predicted octanol–water partition coefficient (Wildman–Crippen LogP) is 0.263. The summed E-state index contributed by atoms with van der Waals surface area (Å²) in [7, 11) is -2.41. The SMILES string of the molecule is COc1ccc(S(N)(=O)=O)cc1C(=O)N1CCN2CCC[C@H]2C1. The van der Waals surface area contributed by atoms with Crippen LogP contribution in [0.4, 0.5) is 0 Å². The molecule has 2 aliphatic heterocycles. The van der Waals surface area contributed by atoms with Crippen LogP contribution in [0.5, 0.6) is 5.75 Å². The molecule has 0 unspecified atom stereocenters. The second kappa shape index (κ2) is 6.10. The van der Waals surface area contributed by atoms with Crippen LogP contribution in [-0.2, 0) is 10.0 Å². The van der Waals surface area contributed by atoms with E-state index in [1.54, 1.807) is 4.90 Å². The van der Waals surface area contributed by atoms with E-state index in [2.05, 4.69) is 4.90 Å². The van der Waals surface area contributed by atoms with Gasteiger partial charge in [-0.1, -0.05) is 0 Å². The predicted molar refractivity (Wildman–Crippen MR) is 84.9 cm³/mol. The number of amides is 1. The third-order valence-corrected chi connectivity index (χ3v) is 5.52. The second-order valence-electron chi connectivity index (χ2n) is 5.99. The van der Waals surface area contributed by atoms with E-state index in [0.29, 0.717) is 24.9 Å². The van der Waals surface area contributed by atoms with E-state index in [1.165, 1.54) is 25.3 Å². The Bertz CT molecular complexity index is 719. The molecule has 2 N–H and O–H groups in total. The van der Waals surface area contributed by atoms with Crippen molar-refractivity contribution in [1.82, 2.24) is 9.80 Å². The highest BCUT2D eigenvalue weighted by Gasteiger charge is 2.33. The molecule has 2 saturated heterocycles. The second-order valence-corrected chi connectivity index (χ2v) is 7.55. The maximum absolute atomic E-state index is 12.8. The average molecular weight is 339 g/mol. The van der Waals surface area contributed by atoms with Gasteiger partial charge in [0, 0.05) is 25.7 Å². The van der Waals surface area contributed by atoms with Gasteiger partial charge in [0.05, 0.1) is 17.6 Å². The summed E-state index contributed by atoms with van der Waals surface area (Å²) in [5.41, 5.74) is 0.241. The monoisotopic (exact) mass is 339 g/mol.